The molecular weight excluding hydrogens is 1320 g/mol. The predicted molar refractivity (Wildman–Crippen MR) is 324 cm³/mol. The summed E-state index contributed by atoms with van der Waals surface area (Å²) < 4.78 is 76.5. The molecule has 0 aromatic heterocycles. The summed E-state index contributed by atoms with van der Waals surface area (Å²) in [6, 6.07) is 0. The highest BCUT2D eigenvalue weighted by Gasteiger charge is 2.74. The lowest BCUT2D eigenvalue weighted by molar-refractivity contribution is -0.377. The zero-order valence-electron chi connectivity index (χ0n) is 56.4. The number of aliphatic hydroxyl groups is 19. The molecule has 0 aromatic rings. The van der Waals surface area contributed by atoms with Crippen molar-refractivity contribution in [2.75, 3.05) is 52.9 Å². The summed E-state index contributed by atoms with van der Waals surface area (Å²) in [7, 11) is 0. The summed E-state index contributed by atoms with van der Waals surface area (Å²) in [5, 5.41) is 212. The summed E-state index contributed by atoms with van der Waals surface area (Å²) in [6.07, 6.45) is -44.0. The van der Waals surface area contributed by atoms with Crippen molar-refractivity contribution in [2.24, 2.45) is 50.2 Å². The monoisotopic (exact) mass is 1430 g/mol. The van der Waals surface area contributed by atoms with Crippen LogP contribution in [0, 0.1) is 50.2 Å². The molecule has 10 fully saturated rings. The maximum Gasteiger partial charge on any atom is 0.317 e. The largest absolute Gasteiger partial charge is 0.454 e. The molecule has 99 heavy (non-hydrogen) atoms. The summed E-state index contributed by atoms with van der Waals surface area (Å²) in [5.74, 6) is -3.56. The van der Waals surface area contributed by atoms with Gasteiger partial charge in [0.15, 0.2) is 43.7 Å². The smallest absolute Gasteiger partial charge is 0.317 e. The van der Waals surface area contributed by atoms with Crippen molar-refractivity contribution in [2.45, 2.75) is 277 Å². The minimum absolute atomic E-state index is 0.00364. The van der Waals surface area contributed by atoms with Gasteiger partial charge in [-0.05, 0) is 97.7 Å². The van der Waals surface area contributed by atoms with E-state index >= 15 is 4.79 Å². The highest BCUT2D eigenvalue weighted by molar-refractivity contribution is 5.80. The maximum atomic E-state index is 15.7. The molecule has 0 aromatic carbocycles. The Morgan fingerprint density at radius 1 is 0.535 bits per heavy atom. The van der Waals surface area contributed by atoms with Gasteiger partial charge in [-0.1, -0.05) is 46.3 Å². The van der Waals surface area contributed by atoms with Gasteiger partial charge < -0.3 is 159 Å². The SMILES string of the molecule is CC(=O)O[C@@H]1[C@@H](O[C@@H]2[C@@H](OC(=O)[C@@]34CCC(C)(C)C[C@H]3C3=CC[C@H]5[C@]6(C)C[C@H](O)[C@@H](O[C@H]7O[C@@H](CO)[C@H](O)[C@@H](O[C@H]8O[C@@H](CO)[C@H](O)[C@@H](O)[C@@H]8O)[C@@H]7O)C(CO)(CO)[C@@H]6CC[C@@]5(C)[C@@]3(C)C[C@H]4O)OC[C@H](O)[C@H]2O)O[C@@H](C)[C@H](O[C@H]2OC[C@H](O)[C@@H](O[C@H]3OC[C@@](O)(CO)[C@@H]3O)[C@@H]2O)[C@H]1O. The third-order valence-electron chi connectivity index (χ3n) is 25.0. The molecule has 0 bridgehead atoms. The lowest BCUT2D eigenvalue weighted by Gasteiger charge is -2.72. The Kier molecular flexibility index (Phi) is 22.7. The van der Waals surface area contributed by atoms with Crippen LogP contribution >= 0.6 is 0 Å². The lowest BCUT2D eigenvalue weighted by Crippen LogP contribution is -2.72. The van der Waals surface area contributed by atoms with Crippen molar-refractivity contribution in [3.63, 3.8) is 0 Å². The van der Waals surface area contributed by atoms with Crippen molar-refractivity contribution in [3.05, 3.63) is 11.6 Å². The molecule has 11 rings (SSSR count). The van der Waals surface area contributed by atoms with Gasteiger partial charge in [0.25, 0.3) is 0 Å². The molecule has 6 saturated heterocycles. The number of rotatable bonds is 18. The van der Waals surface area contributed by atoms with Gasteiger partial charge in [0.1, 0.15) is 109 Å². The van der Waals surface area contributed by atoms with E-state index in [2.05, 4.69) is 33.8 Å². The number of hydrogen-bond acceptors (Lipinski definition) is 34. The van der Waals surface area contributed by atoms with E-state index in [9.17, 15) is 102 Å². The molecule has 5 aliphatic carbocycles. The van der Waals surface area contributed by atoms with Gasteiger partial charge in [0.05, 0.1) is 77.3 Å². The van der Waals surface area contributed by atoms with Crippen LogP contribution in [0.4, 0.5) is 0 Å². The van der Waals surface area contributed by atoms with Crippen molar-refractivity contribution >= 4 is 11.9 Å². The van der Waals surface area contributed by atoms with E-state index in [4.69, 9.17) is 61.6 Å². The van der Waals surface area contributed by atoms with Gasteiger partial charge in [-0.25, -0.2) is 0 Å². The maximum absolute atomic E-state index is 15.7. The average molecular weight is 1430 g/mol. The van der Waals surface area contributed by atoms with Crippen LogP contribution in [0.5, 0.6) is 0 Å². The zero-order chi connectivity index (χ0) is 72.3. The molecule has 4 saturated carbocycles. The van der Waals surface area contributed by atoms with E-state index in [1.54, 1.807) is 0 Å². The second-order valence-corrected chi connectivity index (χ2v) is 31.2. The van der Waals surface area contributed by atoms with Crippen LogP contribution in [0.25, 0.3) is 0 Å². The average Bonchev–Trinajstić information content (AvgIpc) is 1.38. The molecule has 34 nitrogen and oxygen atoms in total. The minimum Gasteiger partial charge on any atom is -0.454 e. The molecule has 0 amide bonds. The first kappa shape index (κ1) is 77.6. The fourth-order valence-corrected chi connectivity index (χ4v) is 19.2. The Labute approximate surface area is 570 Å². The summed E-state index contributed by atoms with van der Waals surface area (Å²) in [5.41, 5.74) is -7.54. The van der Waals surface area contributed by atoms with Crippen LogP contribution in [0.15, 0.2) is 11.6 Å². The summed E-state index contributed by atoms with van der Waals surface area (Å²) >= 11 is 0. The number of ether oxygens (including phenoxy) is 13. The molecule has 0 spiro atoms. The molecule has 0 radical (unpaired) electrons. The summed E-state index contributed by atoms with van der Waals surface area (Å²) in [6.45, 7) is 6.93. The van der Waals surface area contributed by atoms with Crippen LogP contribution in [0.2, 0.25) is 0 Å². The van der Waals surface area contributed by atoms with Gasteiger partial charge in [-0.3, -0.25) is 9.59 Å². The first-order valence-electron chi connectivity index (χ1n) is 34.3. The predicted octanol–water partition coefficient (Wildman–Crippen LogP) is -6.98. The Morgan fingerprint density at radius 3 is 1.78 bits per heavy atom. The van der Waals surface area contributed by atoms with E-state index in [-0.39, 0.29) is 25.2 Å². The van der Waals surface area contributed by atoms with E-state index in [0.29, 0.717) is 32.1 Å². The second kappa shape index (κ2) is 29.0. The number of fused-ring (bicyclic) bond motifs is 7. The molecular formula is C65H104O34. The van der Waals surface area contributed by atoms with Crippen molar-refractivity contribution in [1.29, 1.82) is 0 Å². The number of carbonyl (C=O) groups is 2. The Bertz CT molecular complexity index is 2830. The van der Waals surface area contributed by atoms with Crippen LogP contribution in [0.1, 0.15) is 99.8 Å². The van der Waals surface area contributed by atoms with Gasteiger partial charge in [-0.2, -0.15) is 0 Å². The van der Waals surface area contributed by atoms with Crippen molar-refractivity contribution < 1.29 is 168 Å². The molecule has 36 atom stereocenters. The van der Waals surface area contributed by atoms with Gasteiger partial charge in [-0.15, -0.1) is 0 Å². The Hall–Kier alpha value is -2.52. The molecule has 0 unspecified atom stereocenters. The summed E-state index contributed by atoms with van der Waals surface area (Å²) in [4.78, 5) is 28.5. The van der Waals surface area contributed by atoms with E-state index in [1.165, 1.54) is 6.92 Å². The quantitative estimate of drug-likeness (QED) is 0.0344. The second-order valence-electron chi connectivity index (χ2n) is 31.2. The van der Waals surface area contributed by atoms with E-state index in [0.717, 1.165) is 12.5 Å². The highest BCUT2D eigenvalue weighted by Crippen LogP contribution is 2.76. The molecule has 11 aliphatic rings. The Balaban J connectivity index is 0.820. The van der Waals surface area contributed by atoms with E-state index < -0.39 is 287 Å². The molecule has 34 heteroatoms. The van der Waals surface area contributed by atoms with Crippen molar-refractivity contribution in [3.8, 4) is 0 Å². The van der Waals surface area contributed by atoms with Crippen LogP contribution < -0.4 is 0 Å². The molecule has 568 valence electrons. The van der Waals surface area contributed by atoms with Gasteiger partial charge >= 0.3 is 11.9 Å². The topological polar surface area (TPSA) is 539 Å². The normalized spacial score (nSPS) is 52.7. The number of allylic oxidation sites excluding steroid dienone is 2. The minimum atomic E-state index is -2.11. The highest BCUT2D eigenvalue weighted by atomic mass is 16.8. The van der Waals surface area contributed by atoms with Gasteiger partial charge in [0, 0.05) is 12.3 Å². The fraction of sp³-hybridized carbons (Fsp3) is 0.938. The van der Waals surface area contributed by atoms with Gasteiger partial charge in [0.2, 0.25) is 6.29 Å². The fourth-order valence-electron chi connectivity index (χ4n) is 19.2. The first-order chi connectivity index (χ1) is 46.5. The third kappa shape index (κ3) is 13.1. The Morgan fingerprint density at radius 2 is 1.14 bits per heavy atom. The van der Waals surface area contributed by atoms with Crippen LogP contribution in [-0.4, -0.2) is 339 Å². The molecule has 6 heterocycles. The van der Waals surface area contributed by atoms with Crippen LogP contribution in [0.3, 0.4) is 0 Å². The van der Waals surface area contributed by atoms with E-state index in [1.807, 2.05) is 6.92 Å². The zero-order valence-corrected chi connectivity index (χ0v) is 56.4. The number of carbonyl (C=O) groups excluding carboxylic acids is 2. The van der Waals surface area contributed by atoms with Crippen molar-refractivity contribution in [1.82, 2.24) is 0 Å². The third-order valence-corrected chi connectivity index (χ3v) is 25.0. The molecule has 6 aliphatic heterocycles. The number of esters is 2. The lowest BCUT2D eigenvalue weighted by atomic mass is 9.33. The number of hydrogen-bond donors (Lipinski definition) is 19. The standard InChI is InChI=1S/C65H104O34/c1-25-45(94-52-43(82)46(31(74)20-87-52)95-57-50(84)64(86,23-70)24-89-57)42(81)49(91-26(2)71)56(90-25)97-48-37(76)30(73)19-88-55(48)99-58(85)65-13-12-59(3,4)14-28(65)27-8-9-34-60(5)15-29(72)51(63(21-68,22-69)35(60)10-11-61(34,6)62(27,7)16-36(65)75)98-54-44(83)47(39(78)33(18-67)93-54)96-53-41(80)40(79)38(77)32(17-66)92-53/h8,25,28-57,66-70,72-84,86H,9-24H2,1-7H3/t25-,28-,29-,30-,31-,32-,33-,34-,35+,36+,37+,38-,39-,40+,41-,42+,43-,44-,45-,46+,47+,48-,49-,50+,51+,52+,53+,54+,55+,56+,57+,60-,61+,62-,64-,65-/m0/s1. The number of aliphatic hydroxyl groups excluding tert-OH is 18. The van der Waals surface area contributed by atoms with Crippen LogP contribution in [-0.2, 0) is 71.2 Å². The molecule has 19 N–H and O–H groups in total. The first-order valence-corrected chi connectivity index (χ1v) is 34.3.